The van der Waals surface area contributed by atoms with Crippen LogP contribution < -0.4 is 10.6 Å². The molecule has 1 saturated heterocycles. The number of rotatable bonds is 6. The molecule has 35 heavy (non-hydrogen) atoms. The first kappa shape index (κ1) is 22.8. The molecule has 0 radical (unpaired) electrons. The van der Waals surface area contributed by atoms with Gasteiger partial charge in [0.1, 0.15) is 17.4 Å². The fourth-order valence-corrected chi connectivity index (χ4v) is 4.56. The topological polar surface area (TPSA) is 148 Å². The first-order valence-electron chi connectivity index (χ1n) is 11.7. The van der Waals surface area contributed by atoms with Crippen LogP contribution in [0.2, 0.25) is 0 Å². The van der Waals surface area contributed by atoms with Gasteiger partial charge < -0.3 is 20.3 Å². The largest absolute Gasteiger partial charge is 0.378 e. The van der Waals surface area contributed by atoms with Crippen molar-refractivity contribution >= 4 is 40.1 Å². The van der Waals surface area contributed by atoms with E-state index in [9.17, 15) is 14.9 Å². The molecule has 1 aliphatic carbocycles. The highest BCUT2D eigenvalue weighted by Gasteiger charge is 2.30. The number of benzene rings is 1. The second-order valence-electron chi connectivity index (χ2n) is 8.71. The van der Waals surface area contributed by atoms with E-state index < -0.39 is 4.92 Å². The van der Waals surface area contributed by atoms with Crippen molar-refractivity contribution in [2.24, 2.45) is 5.92 Å². The van der Waals surface area contributed by atoms with Crippen molar-refractivity contribution in [3.8, 4) is 0 Å². The van der Waals surface area contributed by atoms with Crippen molar-refractivity contribution in [3.05, 3.63) is 46.9 Å². The summed E-state index contributed by atoms with van der Waals surface area (Å²) in [5.74, 6) is 1.18. The number of aromatic nitrogens is 4. The molecule has 0 atom stereocenters. The standard InChI is InChI=1S/C23H26N8O4/c32-22(30-8-10-35-11-9-30)15-4-6-16(7-5-15)28-23-24-13-19-20(29-23)21(26-14-25-19)27-17-2-1-3-18(12-17)31(33)34/h1-3,12-16H,4-11H2,(H,24,28,29)(H,25,26,27)/t15-,16-. The Bertz CT molecular complexity index is 1230. The van der Waals surface area contributed by atoms with Gasteiger partial charge in [0.15, 0.2) is 5.82 Å². The van der Waals surface area contributed by atoms with Crippen LogP contribution >= 0.6 is 0 Å². The Kier molecular flexibility index (Phi) is 6.62. The van der Waals surface area contributed by atoms with Crippen molar-refractivity contribution in [3.63, 3.8) is 0 Å². The molecule has 0 bridgehead atoms. The summed E-state index contributed by atoms with van der Waals surface area (Å²) in [7, 11) is 0. The highest BCUT2D eigenvalue weighted by molar-refractivity contribution is 5.87. The second kappa shape index (κ2) is 10.1. The van der Waals surface area contributed by atoms with Crippen LogP contribution in [-0.4, -0.2) is 68.0 Å². The fraction of sp³-hybridized carbons (Fsp3) is 0.435. The predicted molar refractivity (Wildman–Crippen MR) is 128 cm³/mol. The zero-order chi connectivity index (χ0) is 24.2. The maximum atomic E-state index is 12.8. The van der Waals surface area contributed by atoms with Crippen LogP contribution in [0.3, 0.4) is 0 Å². The lowest BCUT2D eigenvalue weighted by Gasteiger charge is -2.34. The van der Waals surface area contributed by atoms with Gasteiger partial charge in [-0.25, -0.2) is 19.9 Å². The smallest absolute Gasteiger partial charge is 0.271 e. The molecule has 1 aliphatic heterocycles. The van der Waals surface area contributed by atoms with E-state index in [2.05, 4.69) is 30.6 Å². The molecule has 12 heteroatoms. The number of nitro benzene ring substituents is 1. The van der Waals surface area contributed by atoms with E-state index in [0.29, 0.717) is 54.8 Å². The minimum atomic E-state index is -0.448. The van der Waals surface area contributed by atoms with Crippen molar-refractivity contribution in [2.75, 3.05) is 36.9 Å². The van der Waals surface area contributed by atoms with Gasteiger partial charge in [0.2, 0.25) is 11.9 Å². The van der Waals surface area contributed by atoms with E-state index in [4.69, 9.17) is 4.74 Å². The van der Waals surface area contributed by atoms with E-state index in [1.165, 1.54) is 18.5 Å². The van der Waals surface area contributed by atoms with Crippen LogP contribution in [0.25, 0.3) is 11.0 Å². The van der Waals surface area contributed by atoms with Gasteiger partial charge in [0, 0.05) is 42.9 Å². The van der Waals surface area contributed by atoms with Crippen LogP contribution in [0.5, 0.6) is 0 Å². The molecule has 1 saturated carbocycles. The Labute approximate surface area is 201 Å². The number of carbonyl (C=O) groups excluding carboxylic acids is 1. The zero-order valence-corrected chi connectivity index (χ0v) is 19.1. The summed E-state index contributed by atoms with van der Waals surface area (Å²) >= 11 is 0. The molecule has 0 unspecified atom stereocenters. The summed E-state index contributed by atoms with van der Waals surface area (Å²) in [6.07, 6.45) is 6.37. The summed E-state index contributed by atoms with van der Waals surface area (Å²) in [5.41, 5.74) is 1.56. The number of hydrogen-bond donors (Lipinski definition) is 2. The second-order valence-corrected chi connectivity index (χ2v) is 8.71. The molecule has 3 heterocycles. The van der Waals surface area contributed by atoms with Gasteiger partial charge in [0.25, 0.3) is 5.69 Å². The van der Waals surface area contributed by atoms with E-state index in [1.807, 2.05) is 4.90 Å². The lowest BCUT2D eigenvalue weighted by Crippen LogP contribution is -2.45. The van der Waals surface area contributed by atoms with E-state index in [1.54, 1.807) is 18.3 Å². The zero-order valence-electron chi connectivity index (χ0n) is 19.1. The maximum Gasteiger partial charge on any atom is 0.271 e. The number of morpholine rings is 1. The quantitative estimate of drug-likeness (QED) is 0.400. The SMILES string of the molecule is O=C([C@H]1CC[C@H](Nc2ncc3ncnc(Nc4cccc([N+](=O)[O-])c4)c3n2)CC1)N1CCOCC1. The maximum absolute atomic E-state index is 12.8. The molecule has 2 aliphatic rings. The number of anilines is 3. The summed E-state index contributed by atoms with van der Waals surface area (Å²) in [5, 5.41) is 17.6. The number of nitrogens with zero attached hydrogens (tertiary/aromatic N) is 6. The average molecular weight is 479 g/mol. The molecule has 1 aromatic carbocycles. The Morgan fingerprint density at radius 2 is 1.91 bits per heavy atom. The Balaban J connectivity index is 1.26. The third-order valence-electron chi connectivity index (χ3n) is 6.43. The summed E-state index contributed by atoms with van der Waals surface area (Å²) in [4.78, 5) is 42.9. The van der Waals surface area contributed by atoms with Crippen LogP contribution in [0.4, 0.5) is 23.1 Å². The Morgan fingerprint density at radius 1 is 1.11 bits per heavy atom. The van der Waals surface area contributed by atoms with Crippen molar-refractivity contribution < 1.29 is 14.5 Å². The summed E-state index contributed by atoms with van der Waals surface area (Å²) in [6.45, 7) is 2.58. The molecule has 2 N–H and O–H groups in total. The lowest BCUT2D eigenvalue weighted by atomic mass is 9.85. The van der Waals surface area contributed by atoms with E-state index >= 15 is 0 Å². The minimum absolute atomic E-state index is 0.0203. The highest BCUT2D eigenvalue weighted by atomic mass is 16.6. The lowest BCUT2D eigenvalue weighted by molar-refractivity contribution is -0.384. The number of hydrogen-bond acceptors (Lipinski definition) is 10. The third-order valence-corrected chi connectivity index (χ3v) is 6.43. The molecule has 2 aromatic heterocycles. The van der Waals surface area contributed by atoms with Crippen molar-refractivity contribution in [1.29, 1.82) is 0 Å². The van der Waals surface area contributed by atoms with Gasteiger partial charge in [0.05, 0.1) is 24.3 Å². The van der Waals surface area contributed by atoms with E-state index in [-0.39, 0.29) is 23.6 Å². The van der Waals surface area contributed by atoms with Gasteiger partial charge in [-0.2, -0.15) is 0 Å². The molecule has 3 aromatic rings. The van der Waals surface area contributed by atoms with Crippen LogP contribution in [0, 0.1) is 16.0 Å². The van der Waals surface area contributed by atoms with Crippen molar-refractivity contribution in [2.45, 2.75) is 31.7 Å². The molecular formula is C23H26N8O4. The van der Waals surface area contributed by atoms with Gasteiger partial charge >= 0.3 is 0 Å². The van der Waals surface area contributed by atoms with Crippen molar-refractivity contribution in [1.82, 2.24) is 24.8 Å². The third kappa shape index (κ3) is 5.27. The first-order chi connectivity index (χ1) is 17.1. The summed E-state index contributed by atoms with van der Waals surface area (Å²) in [6, 6.07) is 6.35. The molecule has 1 amide bonds. The highest BCUT2D eigenvalue weighted by Crippen LogP contribution is 2.29. The molecule has 5 rings (SSSR count). The minimum Gasteiger partial charge on any atom is -0.378 e. The van der Waals surface area contributed by atoms with E-state index in [0.717, 1.165) is 25.7 Å². The average Bonchev–Trinajstić information content (AvgIpc) is 2.90. The molecule has 182 valence electrons. The van der Waals surface area contributed by atoms with Gasteiger partial charge in [-0.3, -0.25) is 14.9 Å². The van der Waals surface area contributed by atoms with Gasteiger partial charge in [-0.05, 0) is 31.7 Å². The van der Waals surface area contributed by atoms with Gasteiger partial charge in [-0.1, -0.05) is 6.07 Å². The Morgan fingerprint density at radius 3 is 2.69 bits per heavy atom. The molecular weight excluding hydrogens is 452 g/mol. The predicted octanol–water partition coefficient (Wildman–Crippen LogP) is 2.90. The van der Waals surface area contributed by atoms with Crippen LogP contribution in [0.1, 0.15) is 25.7 Å². The van der Waals surface area contributed by atoms with Crippen LogP contribution in [0.15, 0.2) is 36.8 Å². The number of carbonyl (C=O) groups is 1. The summed E-state index contributed by atoms with van der Waals surface area (Å²) < 4.78 is 5.35. The molecule has 2 fully saturated rings. The number of fused-ring (bicyclic) bond motifs is 1. The molecule has 12 nitrogen and oxygen atoms in total. The normalized spacial score (nSPS) is 20.4. The number of nitrogens with one attached hydrogen (secondary N) is 2. The molecule has 0 spiro atoms. The number of nitro groups is 1. The number of ether oxygens (including phenoxy) is 1. The van der Waals surface area contributed by atoms with Crippen LogP contribution in [-0.2, 0) is 9.53 Å². The number of non-ortho nitro benzene ring substituents is 1. The fourth-order valence-electron chi connectivity index (χ4n) is 4.56. The number of amides is 1. The monoisotopic (exact) mass is 478 g/mol. The van der Waals surface area contributed by atoms with Gasteiger partial charge in [-0.15, -0.1) is 0 Å². The Hall–Kier alpha value is -3.93. The first-order valence-corrected chi connectivity index (χ1v) is 11.7.